The van der Waals surface area contributed by atoms with Crippen molar-refractivity contribution in [1.82, 2.24) is 10.6 Å². The summed E-state index contributed by atoms with van der Waals surface area (Å²) < 4.78 is 57.6. The maximum absolute atomic E-state index is 12.0. The van der Waals surface area contributed by atoms with Gasteiger partial charge in [-0.2, -0.15) is 13.2 Å². The summed E-state index contributed by atoms with van der Waals surface area (Å²) in [6.45, 7) is 2.29. The van der Waals surface area contributed by atoms with E-state index in [0.717, 1.165) is 6.26 Å². The molecular formula is C10H20F3N3O2S. The molecule has 0 atom stereocenters. The number of nitrogens with zero attached hydrogens (tertiary/aromatic N) is 1. The molecule has 0 unspecified atom stereocenters. The highest BCUT2D eigenvalue weighted by Gasteiger charge is 2.26. The Morgan fingerprint density at radius 2 is 1.89 bits per heavy atom. The Kier molecular flexibility index (Phi) is 7.81. The van der Waals surface area contributed by atoms with Crippen LogP contribution in [0.1, 0.15) is 19.8 Å². The summed E-state index contributed by atoms with van der Waals surface area (Å²) in [6, 6.07) is 0. The van der Waals surface area contributed by atoms with Crippen LogP contribution in [0.15, 0.2) is 4.99 Å². The quantitative estimate of drug-likeness (QED) is 0.417. The number of hydrogen-bond donors (Lipinski definition) is 2. The van der Waals surface area contributed by atoms with Crippen molar-refractivity contribution in [3.63, 3.8) is 0 Å². The molecule has 2 N–H and O–H groups in total. The van der Waals surface area contributed by atoms with Crippen LogP contribution in [-0.2, 0) is 9.84 Å². The van der Waals surface area contributed by atoms with E-state index in [4.69, 9.17) is 0 Å². The molecule has 5 nitrogen and oxygen atoms in total. The minimum atomic E-state index is -4.21. The Morgan fingerprint density at radius 1 is 1.26 bits per heavy atom. The molecule has 0 aliphatic carbocycles. The summed E-state index contributed by atoms with van der Waals surface area (Å²) >= 11 is 0. The first-order valence-electron chi connectivity index (χ1n) is 5.90. The van der Waals surface area contributed by atoms with Crippen molar-refractivity contribution in [2.24, 2.45) is 4.99 Å². The number of aliphatic imine (C=N–C) groups is 1. The zero-order valence-corrected chi connectivity index (χ0v) is 11.9. The standard InChI is InChI=1S/C10H20F3N3O2S/c1-3-14-9(16-7-5-10(11,12)13)15-6-4-8-19(2,17)18/h3-8H2,1-2H3,(H2,14,15,16). The van der Waals surface area contributed by atoms with E-state index in [9.17, 15) is 21.6 Å². The Labute approximate surface area is 111 Å². The highest BCUT2D eigenvalue weighted by molar-refractivity contribution is 7.90. The van der Waals surface area contributed by atoms with Crippen LogP contribution in [0.4, 0.5) is 13.2 Å². The van der Waals surface area contributed by atoms with E-state index in [1.807, 2.05) is 0 Å². The summed E-state index contributed by atoms with van der Waals surface area (Å²) in [5, 5.41) is 5.33. The highest BCUT2D eigenvalue weighted by atomic mass is 32.2. The third-order valence-electron chi connectivity index (χ3n) is 1.99. The van der Waals surface area contributed by atoms with E-state index >= 15 is 0 Å². The van der Waals surface area contributed by atoms with Crippen LogP contribution in [0, 0.1) is 0 Å². The van der Waals surface area contributed by atoms with Gasteiger partial charge in [0.15, 0.2) is 5.96 Å². The van der Waals surface area contributed by atoms with Crippen molar-refractivity contribution < 1.29 is 21.6 Å². The number of sulfone groups is 1. The van der Waals surface area contributed by atoms with Crippen LogP contribution in [0.2, 0.25) is 0 Å². The van der Waals surface area contributed by atoms with Gasteiger partial charge in [-0.25, -0.2) is 8.42 Å². The fourth-order valence-corrected chi connectivity index (χ4v) is 1.84. The first kappa shape index (κ1) is 18.0. The van der Waals surface area contributed by atoms with Crippen LogP contribution < -0.4 is 10.6 Å². The Balaban J connectivity index is 4.09. The number of nitrogens with one attached hydrogen (secondary N) is 2. The number of rotatable bonds is 7. The molecule has 0 bridgehead atoms. The smallest absolute Gasteiger partial charge is 0.357 e. The summed E-state index contributed by atoms with van der Waals surface area (Å²) in [4.78, 5) is 4.00. The van der Waals surface area contributed by atoms with Crippen LogP contribution in [0.3, 0.4) is 0 Å². The average molecular weight is 303 g/mol. The third-order valence-corrected chi connectivity index (χ3v) is 3.02. The lowest BCUT2D eigenvalue weighted by Gasteiger charge is -2.12. The fraction of sp³-hybridized carbons (Fsp3) is 0.900. The highest BCUT2D eigenvalue weighted by Crippen LogP contribution is 2.17. The second-order valence-corrected chi connectivity index (χ2v) is 6.30. The van der Waals surface area contributed by atoms with E-state index in [2.05, 4.69) is 15.6 Å². The molecule has 0 aromatic carbocycles. The number of hydrogen-bond acceptors (Lipinski definition) is 3. The van der Waals surface area contributed by atoms with Gasteiger partial charge >= 0.3 is 6.18 Å². The molecule has 0 radical (unpaired) electrons. The van der Waals surface area contributed by atoms with Crippen molar-refractivity contribution >= 4 is 15.8 Å². The second kappa shape index (κ2) is 8.23. The largest absolute Gasteiger partial charge is 0.390 e. The summed E-state index contributed by atoms with van der Waals surface area (Å²) in [5.41, 5.74) is 0. The van der Waals surface area contributed by atoms with E-state index in [-0.39, 0.29) is 24.8 Å². The van der Waals surface area contributed by atoms with Gasteiger partial charge in [-0.3, -0.25) is 4.99 Å². The molecule has 0 aliphatic rings. The SMILES string of the molecule is CCNC(=NCCCS(C)(=O)=O)NCCC(F)(F)F. The Morgan fingerprint density at radius 3 is 2.37 bits per heavy atom. The average Bonchev–Trinajstić information content (AvgIpc) is 2.21. The van der Waals surface area contributed by atoms with Crippen LogP contribution in [0.5, 0.6) is 0 Å². The van der Waals surface area contributed by atoms with Crippen LogP contribution >= 0.6 is 0 Å². The van der Waals surface area contributed by atoms with Gasteiger partial charge < -0.3 is 10.6 Å². The number of alkyl halides is 3. The lowest BCUT2D eigenvalue weighted by Crippen LogP contribution is -2.39. The summed E-state index contributed by atoms with van der Waals surface area (Å²) in [6.07, 6.45) is -3.68. The molecule has 19 heavy (non-hydrogen) atoms. The number of guanidine groups is 1. The maximum Gasteiger partial charge on any atom is 0.390 e. The molecule has 0 saturated carbocycles. The zero-order chi connectivity index (χ0) is 14.9. The van der Waals surface area contributed by atoms with Crippen LogP contribution in [0.25, 0.3) is 0 Å². The molecule has 0 heterocycles. The topological polar surface area (TPSA) is 70.6 Å². The Hall–Kier alpha value is -0.990. The van der Waals surface area contributed by atoms with Crippen molar-refractivity contribution in [3.05, 3.63) is 0 Å². The molecule has 0 rings (SSSR count). The molecular weight excluding hydrogens is 283 g/mol. The van der Waals surface area contributed by atoms with Crippen molar-refractivity contribution in [1.29, 1.82) is 0 Å². The van der Waals surface area contributed by atoms with E-state index < -0.39 is 22.4 Å². The molecule has 0 aromatic rings. The van der Waals surface area contributed by atoms with E-state index in [0.29, 0.717) is 13.0 Å². The fourth-order valence-electron chi connectivity index (χ4n) is 1.18. The van der Waals surface area contributed by atoms with E-state index in [1.165, 1.54) is 0 Å². The van der Waals surface area contributed by atoms with Gasteiger partial charge in [-0.1, -0.05) is 0 Å². The minimum absolute atomic E-state index is 0.0124. The monoisotopic (exact) mass is 303 g/mol. The molecule has 0 aromatic heterocycles. The maximum atomic E-state index is 12.0. The molecule has 0 amide bonds. The van der Waals surface area contributed by atoms with E-state index in [1.54, 1.807) is 6.92 Å². The summed E-state index contributed by atoms with van der Waals surface area (Å²) in [5.74, 6) is 0.276. The van der Waals surface area contributed by atoms with Gasteiger partial charge in [0.2, 0.25) is 0 Å². The summed E-state index contributed by atoms with van der Waals surface area (Å²) in [7, 11) is -3.03. The lowest BCUT2D eigenvalue weighted by atomic mass is 10.4. The van der Waals surface area contributed by atoms with Gasteiger partial charge in [-0.15, -0.1) is 0 Å². The molecule has 114 valence electrons. The van der Waals surface area contributed by atoms with Gasteiger partial charge in [0.05, 0.1) is 12.2 Å². The van der Waals surface area contributed by atoms with Crippen LogP contribution in [-0.4, -0.2) is 52.2 Å². The molecule has 0 spiro atoms. The first-order valence-corrected chi connectivity index (χ1v) is 7.97. The lowest BCUT2D eigenvalue weighted by molar-refractivity contribution is -0.132. The van der Waals surface area contributed by atoms with Crippen molar-refractivity contribution in [2.75, 3.05) is 31.6 Å². The van der Waals surface area contributed by atoms with Gasteiger partial charge in [0.25, 0.3) is 0 Å². The third kappa shape index (κ3) is 13.2. The van der Waals surface area contributed by atoms with Crippen molar-refractivity contribution in [3.8, 4) is 0 Å². The zero-order valence-electron chi connectivity index (χ0n) is 11.0. The number of halogens is 3. The first-order chi connectivity index (χ1) is 8.64. The van der Waals surface area contributed by atoms with Gasteiger partial charge in [0.1, 0.15) is 9.84 Å². The molecule has 9 heteroatoms. The minimum Gasteiger partial charge on any atom is -0.357 e. The molecule has 0 fully saturated rings. The Bertz CT molecular complexity index is 380. The van der Waals surface area contributed by atoms with Gasteiger partial charge in [0, 0.05) is 25.9 Å². The molecule has 0 aliphatic heterocycles. The van der Waals surface area contributed by atoms with Crippen molar-refractivity contribution in [2.45, 2.75) is 25.9 Å². The predicted molar refractivity (Wildman–Crippen MR) is 69.0 cm³/mol. The predicted octanol–water partition coefficient (Wildman–Crippen LogP) is 0.929. The normalized spacial score (nSPS) is 13.4. The molecule has 0 saturated heterocycles. The van der Waals surface area contributed by atoms with Gasteiger partial charge in [-0.05, 0) is 13.3 Å². The second-order valence-electron chi connectivity index (χ2n) is 4.04.